The van der Waals surface area contributed by atoms with Crippen molar-refractivity contribution in [3.8, 4) is 0 Å². The summed E-state index contributed by atoms with van der Waals surface area (Å²) in [5.74, 6) is 1.86. The van der Waals surface area contributed by atoms with Gasteiger partial charge in [0.05, 0.1) is 0 Å². The zero-order valence-corrected chi connectivity index (χ0v) is 11.9. The molecular weight excluding hydrogens is 234 g/mol. The van der Waals surface area contributed by atoms with E-state index in [9.17, 15) is 0 Å². The van der Waals surface area contributed by atoms with E-state index in [1.165, 1.54) is 0 Å². The van der Waals surface area contributed by atoms with Crippen LogP contribution >= 0.6 is 11.6 Å². The first-order chi connectivity index (χ1) is 8.02. The molecule has 1 rings (SSSR count). The molecule has 0 aliphatic rings. The van der Waals surface area contributed by atoms with Gasteiger partial charge in [-0.1, -0.05) is 13.8 Å². The minimum absolute atomic E-state index is 0.357. The van der Waals surface area contributed by atoms with Crippen LogP contribution in [0.5, 0.6) is 0 Å². The smallest absolute Gasteiger partial charge is 0.223 e. The lowest BCUT2D eigenvalue weighted by atomic mass is 10.1. The summed E-state index contributed by atoms with van der Waals surface area (Å²) in [7, 11) is 0. The fraction of sp³-hybridized carbons (Fsp3) is 0.692. The van der Waals surface area contributed by atoms with Crippen LogP contribution in [0.2, 0.25) is 0 Å². The van der Waals surface area contributed by atoms with Crippen molar-refractivity contribution in [2.45, 2.75) is 52.5 Å². The van der Waals surface area contributed by atoms with Crippen molar-refractivity contribution < 1.29 is 0 Å². The summed E-state index contributed by atoms with van der Waals surface area (Å²) in [5.41, 5.74) is 2.10. The van der Waals surface area contributed by atoms with E-state index in [-0.39, 0.29) is 0 Å². The molecule has 1 aromatic heterocycles. The van der Waals surface area contributed by atoms with Gasteiger partial charge in [-0.3, -0.25) is 0 Å². The molecule has 0 spiro atoms. The van der Waals surface area contributed by atoms with Gasteiger partial charge in [-0.15, -0.1) is 11.6 Å². The second-order valence-corrected chi connectivity index (χ2v) is 5.17. The second kappa shape index (κ2) is 6.80. The van der Waals surface area contributed by atoms with Gasteiger partial charge in [0, 0.05) is 23.3 Å². The number of aryl methyl sites for hydroxylation is 1. The molecule has 0 saturated carbocycles. The molecule has 1 unspecified atom stereocenters. The van der Waals surface area contributed by atoms with Gasteiger partial charge >= 0.3 is 0 Å². The number of nitrogens with zero attached hydrogens (tertiary/aromatic N) is 2. The molecule has 1 aromatic rings. The fourth-order valence-corrected chi connectivity index (χ4v) is 1.78. The molecule has 0 aromatic carbocycles. The molecule has 3 nitrogen and oxygen atoms in total. The molecule has 0 saturated heterocycles. The average Bonchev–Trinajstić information content (AvgIpc) is 2.25. The van der Waals surface area contributed by atoms with Crippen molar-refractivity contribution in [3.05, 3.63) is 17.5 Å². The van der Waals surface area contributed by atoms with E-state index < -0.39 is 0 Å². The quantitative estimate of drug-likeness (QED) is 0.787. The second-order valence-electron chi connectivity index (χ2n) is 4.79. The van der Waals surface area contributed by atoms with Crippen molar-refractivity contribution in [1.82, 2.24) is 9.97 Å². The summed E-state index contributed by atoms with van der Waals surface area (Å²) in [6.07, 6.45) is 2.05. The van der Waals surface area contributed by atoms with E-state index in [0.717, 1.165) is 30.2 Å². The molecule has 1 N–H and O–H groups in total. The highest BCUT2D eigenvalue weighted by Crippen LogP contribution is 2.15. The number of alkyl halides is 1. The Hall–Kier alpha value is -0.830. The van der Waals surface area contributed by atoms with Crippen LogP contribution in [-0.2, 0) is 0 Å². The molecule has 4 heteroatoms. The highest BCUT2D eigenvalue weighted by atomic mass is 35.5. The van der Waals surface area contributed by atoms with Gasteiger partial charge in [-0.2, -0.15) is 0 Å². The lowest BCUT2D eigenvalue weighted by molar-refractivity contribution is 0.683. The van der Waals surface area contributed by atoms with Gasteiger partial charge in [-0.05, 0) is 38.7 Å². The topological polar surface area (TPSA) is 37.8 Å². The summed E-state index contributed by atoms with van der Waals surface area (Å²) in [6, 6.07) is 2.40. The zero-order valence-electron chi connectivity index (χ0n) is 11.1. The Morgan fingerprint density at radius 2 is 2.00 bits per heavy atom. The van der Waals surface area contributed by atoms with E-state index in [1.807, 2.05) is 13.0 Å². The Morgan fingerprint density at radius 1 is 1.29 bits per heavy atom. The molecule has 0 aliphatic carbocycles. The maximum absolute atomic E-state index is 5.68. The third-order valence-electron chi connectivity index (χ3n) is 2.61. The fourth-order valence-electron chi connectivity index (χ4n) is 1.63. The van der Waals surface area contributed by atoms with Crippen LogP contribution in [0.4, 0.5) is 5.95 Å². The van der Waals surface area contributed by atoms with Crippen molar-refractivity contribution in [2.24, 2.45) is 0 Å². The van der Waals surface area contributed by atoms with Gasteiger partial charge in [0.2, 0.25) is 5.95 Å². The third-order valence-corrected chi connectivity index (χ3v) is 2.88. The maximum Gasteiger partial charge on any atom is 0.223 e. The molecule has 96 valence electrons. The standard InChI is InChI=1S/C13H22ClN3/c1-9(2)12-8-11(4)16-13(17-12)15-10(3)6-5-7-14/h8-10H,5-7H2,1-4H3,(H,15,16,17). The van der Waals surface area contributed by atoms with Crippen LogP contribution in [0.3, 0.4) is 0 Å². The van der Waals surface area contributed by atoms with Crippen molar-refractivity contribution >= 4 is 17.5 Å². The number of hydrogen-bond donors (Lipinski definition) is 1. The lowest BCUT2D eigenvalue weighted by Crippen LogP contribution is -2.18. The van der Waals surface area contributed by atoms with E-state index >= 15 is 0 Å². The van der Waals surface area contributed by atoms with Crippen LogP contribution in [0.25, 0.3) is 0 Å². The third kappa shape index (κ3) is 4.90. The number of nitrogens with one attached hydrogen (secondary N) is 1. The number of hydrogen-bond acceptors (Lipinski definition) is 3. The van der Waals surface area contributed by atoms with Crippen LogP contribution in [0.15, 0.2) is 6.07 Å². The largest absolute Gasteiger partial charge is 0.352 e. The minimum Gasteiger partial charge on any atom is -0.352 e. The first-order valence-electron chi connectivity index (χ1n) is 6.21. The number of rotatable bonds is 6. The predicted molar refractivity (Wildman–Crippen MR) is 73.9 cm³/mol. The molecule has 17 heavy (non-hydrogen) atoms. The Labute approximate surface area is 109 Å². The first-order valence-corrected chi connectivity index (χ1v) is 6.74. The molecule has 1 heterocycles. The highest BCUT2D eigenvalue weighted by molar-refractivity contribution is 6.17. The van der Waals surface area contributed by atoms with Crippen LogP contribution in [0, 0.1) is 6.92 Å². The van der Waals surface area contributed by atoms with Crippen molar-refractivity contribution in [2.75, 3.05) is 11.2 Å². The summed E-state index contributed by atoms with van der Waals surface area (Å²) in [4.78, 5) is 8.94. The SMILES string of the molecule is Cc1cc(C(C)C)nc(NC(C)CCCCl)n1. The van der Waals surface area contributed by atoms with Gasteiger partial charge in [-0.25, -0.2) is 9.97 Å². The van der Waals surface area contributed by atoms with Crippen LogP contribution in [0.1, 0.15) is 50.9 Å². The molecule has 1 atom stereocenters. The Balaban J connectivity index is 2.70. The molecule has 0 radical (unpaired) electrons. The highest BCUT2D eigenvalue weighted by Gasteiger charge is 2.08. The molecule has 0 amide bonds. The zero-order chi connectivity index (χ0) is 12.8. The Morgan fingerprint density at radius 3 is 2.59 bits per heavy atom. The lowest BCUT2D eigenvalue weighted by Gasteiger charge is -2.15. The minimum atomic E-state index is 0.357. The number of anilines is 1. The van der Waals surface area contributed by atoms with Gasteiger partial charge in [0.15, 0.2) is 0 Å². The predicted octanol–water partition coefficient (Wildman–Crippen LogP) is 3.73. The number of halogens is 1. The molecule has 0 aliphatic heterocycles. The van der Waals surface area contributed by atoms with E-state index in [4.69, 9.17) is 11.6 Å². The summed E-state index contributed by atoms with van der Waals surface area (Å²) >= 11 is 5.68. The van der Waals surface area contributed by atoms with Crippen LogP contribution < -0.4 is 5.32 Å². The molecule has 0 fully saturated rings. The molecular formula is C13H22ClN3. The monoisotopic (exact) mass is 255 g/mol. The van der Waals surface area contributed by atoms with E-state index in [2.05, 4.69) is 36.1 Å². The van der Waals surface area contributed by atoms with Crippen LogP contribution in [-0.4, -0.2) is 21.9 Å². The van der Waals surface area contributed by atoms with E-state index in [0.29, 0.717) is 17.8 Å². The number of aromatic nitrogens is 2. The van der Waals surface area contributed by atoms with Gasteiger partial charge < -0.3 is 5.32 Å². The maximum atomic E-state index is 5.68. The van der Waals surface area contributed by atoms with Gasteiger partial charge in [0.25, 0.3) is 0 Å². The van der Waals surface area contributed by atoms with Gasteiger partial charge in [0.1, 0.15) is 0 Å². The summed E-state index contributed by atoms with van der Waals surface area (Å²) in [5, 5.41) is 3.33. The van der Waals surface area contributed by atoms with E-state index in [1.54, 1.807) is 0 Å². The Kier molecular flexibility index (Phi) is 5.69. The Bertz CT molecular complexity index is 353. The first kappa shape index (κ1) is 14.2. The molecule has 0 bridgehead atoms. The summed E-state index contributed by atoms with van der Waals surface area (Å²) in [6.45, 7) is 8.42. The average molecular weight is 256 g/mol. The van der Waals surface area contributed by atoms with Crippen molar-refractivity contribution in [3.63, 3.8) is 0 Å². The van der Waals surface area contributed by atoms with Crippen molar-refractivity contribution in [1.29, 1.82) is 0 Å². The summed E-state index contributed by atoms with van der Waals surface area (Å²) < 4.78 is 0. The normalized spacial score (nSPS) is 12.8.